The van der Waals surface area contributed by atoms with Crippen LogP contribution in [0.4, 0.5) is 11.4 Å². The van der Waals surface area contributed by atoms with Crippen LogP contribution in [0.2, 0.25) is 0 Å². The molecule has 5 nitrogen and oxygen atoms in total. The van der Waals surface area contributed by atoms with Gasteiger partial charge in [0.05, 0.1) is 6.54 Å². The summed E-state index contributed by atoms with van der Waals surface area (Å²) in [5.74, 6) is 0.978. The van der Waals surface area contributed by atoms with Crippen molar-refractivity contribution in [3.8, 4) is 0 Å². The Balaban J connectivity index is 1.54. The van der Waals surface area contributed by atoms with E-state index in [2.05, 4.69) is 24.1 Å². The maximum atomic E-state index is 12.3. The number of nitrogens with one attached hydrogen (secondary N) is 1. The summed E-state index contributed by atoms with van der Waals surface area (Å²) in [6.07, 6.45) is 4.14. The van der Waals surface area contributed by atoms with Crippen molar-refractivity contribution in [1.29, 1.82) is 0 Å². The van der Waals surface area contributed by atoms with Gasteiger partial charge in [0.25, 0.3) is 0 Å². The van der Waals surface area contributed by atoms with Gasteiger partial charge in [0.15, 0.2) is 0 Å². The molecule has 3 rings (SSSR count). The van der Waals surface area contributed by atoms with Crippen molar-refractivity contribution in [2.75, 3.05) is 29.9 Å². The zero-order valence-electron chi connectivity index (χ0n) is 14.6. The molecule has 2 aliphatic rings. The van der Waals surface area contributed by atoms with Crippen LogP contribution in [0.25, 0.3) is 0 Å². The minimum atomic E-state index is 0.0225. The molecule has 1 saturated carbocycles. The van der Waals surface area contributed by atoms with Crippen LogP contribution in [-0.4, -0.2) is 42.4 Å². The smallest absolute Gasteiger partial charge is 0.238 e. The van der Waals surface area contributed by atoms with Crippen LogP contribution in [-0.2, 0) is 9.59 Å². The van der Waals surface area contributed by atoms with E-state index in [0.29, 0.717) is 19.0 Å². The number of hydrogen-bond donors (Lipinski definition) is 1. The van der Waals surface area contributed by atoms with E-state index in [0.717, 1.165) is 36.8 Å². The lowest BCUT2D eigenvalue weighted by Gasteiger charge is -2.25. The maximum absolute atomic E-state index is 12.3. The van der Waals surface area contributed by atoms with E-state index >= 15 is 0 Å². The molecule has 1 aromatic carbocycles. The van der Waals surface area contributed by atoms with Crippen molar-refractivity contribution in [3.05, 3.63) is 24.3 Å². The molecule has 2 amide bonds. The predicted octanol–water partition coefficient (Wildman–Crippen LogP) is 2.87. The number of carbonyl (C=O) groups excluding carboxylic acids is 2. The fourth-order valence-corrected chi connectivity index (χ4v) is 3.12. The first kappa shape index (κ1) is 17.0. The molecule has 1 N–H and O–H groups in total. The Morgan fingerprint density at radius 2 is 2.00 bits per heavy atom. The van der Waals surface area contributed by atoms with Gasteiger partial charge in [0.2, 0.25) is 11.8 Å². The monoisotopic (exact) mass is 329 g/mol. The summed E-state index contributed by atoms with van der Waals surface area (Å²) in [6.45, 7) is 6.51. The number of benzene rings is 1. The van der Waals surface area contributed by atoms with E-state index < -0.39 is 0 Å². The minimum Gasteiger partial charge on any atom is -0.325 e. The second kappa shape index (κ2) is 7.34. The van der Waals surface area contributed by atoms with Crippen molar-refractivity contribution in [1.82, 2.24) is 4.90 Å². The molecular weight excluding hydrogens is 302 g/mol. The van der Waals surface area contributed by atoms with Crippen LogP contribution in [0.5, 0.6) is 0 Å². The van der Waals surface area contributed by atoms with Crippen molar-refractivity contribution < 1.29 is 9.59 Å². The molecule has 1 aliphatic carbocycles. The van der Waals surface area contributed by atoms with E-state index in [9.17, 15) is 9.59 Å². The van der Waals surface area contributed by atoms with Crippen molar-refractivity contribution in [2.24, 2.45) is 5.92 Å². The zero-order chi connectivity index (χ0) is 17.1. The Morgan fingerprint density at radius 3 is 2.54 bits per heavy atom. The van der Waals surface area contributed by atoms with Crippen molar-refractivity contribution >= 4 is 23.2 Å². The van der Waals surface area contributed by atoms with Crippen LogP contribution >= 0.6 is 0 Å². The molecule has 130 valence electrons. The first-order valence-corrected chi connectivity index (χ1v) is 8.97. The zero-order valence-corrected chi connectivity index (χ0v) is 14.6. The molecule has 0 radical (unpaired) electrons. The third kappa shape index (κ3) is 4.35. The summed E-state index contributed by atoms with van der Waals surface area (Å²) >= 11 is 0. The molecule has 1 aliphatic heterocycles. The van der Waals surface area contributed by atoms with Gasteiger partial charge in [-0.25, -0.2) is 0 Å². The molecule has 0 aromatic heterocycles. The van der Waals surface area contributed by atoms with Crippen LogP contribution in [0.3, 0.4) is 0 Å². The van der Waals surface area contributed by atoms with Crippen LogP contribution in [0.1, 0.15) is 39.5 Å². The Labute approximate surface area is 144 Å². The lowest BCUT2D eigenvalue weighted by atomic mass is 10.2. The second-order valence-corrected chi connectivity index (χ2v) is 7.21. The maximum Gasteiger partial charge on any atom is 0.238 e. The predicted molar refractivity (Wildman–Crippen MR) is 96.1 cm³/mol. The number of nitrogens with zero attached hydrogens (tertiary/aromatic N) is 2. The Morgan fingerprint density at radius 1 is 1.29 bits per heavy atom. The van der Waals surface area contributed by atoms with Gasteiger partial charge in [0.1, 0.15) is 0 Å². The van der Waals surface area contributed by atoms with Crippen LogP contribution in [0.15, 0.2) is 24.3 Å². The van der Waals surface area contributed by atoms with Crippen molar-refractivity contribution in [3.63, 3.8) is 0 Å². The molecule has 0 unspecified atom stereocenters. The molecular formula is C19H27N3O2. The summed E-state index contributed by atoms with van der Waals surface area (Å²) in [5, 5.41) is 2.97. The number of rotatable bonds is 7. The standard InChI is InChI=1S/C19H27N3O2/c1-14(2)21(12-15-5-6-15)13-18(23)20-16-7-9-17(10-8-16)22-11-3-4-19(22)24/h7-10,14-15H,3-6,11-13H2,1-2H3,(H,20,23). The van der Waals surface area contributed by atoms with Gasteiger partial charge in [-0.3, -0.25) is 14.5 Å². The van der Waals surface area contributed by atoms with Gasteiger partial charge >= 0.3 is 0 Å². The number of hydrogen-bond acceptors (Lipinski definition) is 3. The normalized spacial score (nSPS) is 17.8. The molecule has 1 saturated heterocycles. The third-order valence-corrected chi connectivity index (χ3v) is 4.80. The summed E-state index contributed by atoms with van der Waals surface area (Å²) in [7, 11) is 0. The van der Waals surface area contributed by atoms with Gasteiger partial charge in [-0.05, 0) is 63.3 Å². The minimum absolute atomic E-state index is 0.0225. The van der Waals surface area contributed by atoms with E-state index in [-0.39, 0.29) is 11.8 Å². The fourth-order valence-electron chi connectivity index (χ4n) is 3.12. The molecule has 1 aromatic rings. The van der Waals surface area contributed by atoms with E-state index in [1.54, 1.807) is 0 Å². The van der Waals surface area contributed by atoms with E-state index in [1.807, 2.05) is 29.2 Å². The highest BCUT2D eigenvalue weighted by Crippen LogP contribution is 2.30. The number of anilines is 2. The Bertz CT molecular complexity index is 593. The average Bonchev–Trinajstić information content (AvgIpc) is 3.26. The molecule has 1 heterocycles. The first-order chi connectivity index (χ1) is 11.5. The fraction of sp³-hybridized carbons (Fsp3) is 0.579. The SMILES string of the molecule is CC(C)N(CC(=O)Nc1ccc(N2CCCC2=O)cc1)CC1CC1. The third-order valence-electron chi connectivity index (χ3n) is 4.80. The summed E-state index contributed by atoms with van der Waals surface area (Å²) in [4.78, 5) is 28.1. The molecule has 24 heavy (non-hydrogen) atoms. The second-order valence-electron chi connectivity index (χ2n) is 7.21. The van der Waals surface area contributed by atoms with Crippen LogP contribution in [0, 0.1) is 5.92 Å². The highest BCUT2D eigenvalue weighted by Gasteiger charge is 2.26. The topological polar surface area (TPSA) is 52.7 Å². The number of amides is 2. The summed E-state index contributed by atoms with van der Waals surface area (Å²) < 4.78 is 0. The highest BCUT2D eigenvalue weighted by atomic mass is 16.2. The summed E-state index contributed by atoms with van der Waals surface area (Å²) in [5.41, 5.74) is 1.69. The molecule has 5 heteroatoms. The van der Waals surface area contributed by atoms with Gasteiger partial charge in [-0.2, -0.15) is 0 Å². The van der Waals surface area contributed by atoms with Gasteiger partial charge in [-0.1, -0.05) is 0 Å². The summed E-state index contributed by atoms with van der Waals surface area (Å²) in [6, 6.07) is 7.94. The van der Waals surface area contributed by atoms with E-state index in [4.69, 9.17) is 0 Å². The molecule has 0 bridgehead atoms. The first-order valence-electron chi connectivity index (χ1n) is 8.97. The quantitative estimate of drug-likeness (QED) is 0.837. The Hall–Kier alpha value is -1.88. The molecule has 2 fully saturated rings. The van der Waals surface area contributed by atoms with Gasteiger partial charge in [0, 0.05) is 36.9 Å². The van der Waals surface area contributed by atoms with Gasteiger partial charge < -0.3 is 10.2 Å². The average molecular weight is 329 g/mol. The van der Waals surface area contributed by atoms with Gasteiger partial charge in [-0.15, -0.1) is 0 Å². The lowest BCUT2D eigenvalue weighted by Crippen LogP contribution is -2.39. The number of carbonyl (C=O) groups is 2. The lowest BCUT2D eigenvalue weighted by molar-refractivity contribution is -0.118. The molecule has 0 spiro atoms. The highest BCUT2D eigenvalue weighted by molar-refractivity contribution is 5.96. The Kier molecular flexibility index (Phi) is 5.19. The largest absolute Gasteiger partial charge is 0.325 e. The van der Waals surface area contributed by atoms with Crippen molar-refractivity contribution in [2.45, 2.75) is 45.6 Å². The van der Waals surface area contributed by atoms with Crippen LogP contribution < -0.4 is 10.2 Å². The van der Waals surface area contributed by atoms with E-state index in [1.165, 1.54) is 12.8 Å². The molecule has 0 atom stereocenters.